The Balaban J connectivity index is 2.96. The second-order valence-electron chi connectivity index (χ2n) is 3.63. The quantitative estimate of drug-likeness (QED) is 0.838. The Morgan fingerprint density at radius 3 is 2.62 bits per heavy atom. The van der Waals surface area contributed by atoms with Gasteiger partial charge in [0, 0.05) is 6.54 Å². The minimum atomic E-state index is -3.13. The van der Waals surface area contributed by atoms with Crippen LogP contribution < -0.4 is 5.73 Å². The molecule has 0 bridgehead atoms. The molecule has 0 heterocycles. The van der Waals surface area contributed by atoms with Crippen LogP contribution in [0.1, 0.15) is 16.7 Å². The maximum absolute atomic E-state index is 11.6. The van der Waals surface area contributed by atoms with E-state index in [0.29, 0.717) is 5.56 Å². The summed E-state index contributed by atoms with van der Waals surface area (Å²) in [6.45, 7) is 1.94. The van der Waals surface area contributed by atoms with Crippen molar-refractivity contribution < 1.29 is 8.42 Å². The van der Waals surface area contributed by atoms with E-state index in [9.17, 15) is 8.42 Å². The van der Waals surface area contributed by atoms with Gasteiger partial charge in [-0.05, 0) is 30.2 Å². The standard InChI is InChI=1S/C11H14N2O2S/c1-9-6-10(7-13)2-3-11(9)8-16(14,15)5-4-12/h2-3,6H,4-5,8,12H2,1H3. The Kier molecular flexibility index (Phi) is 4.05. The largest absolute Gasteiger partial charge is 0.329 e. The fraction of sp³-hybridized carbons (Fsp3) is 0.364. The zero-order valence-electron chi connectivity index (χ0n) is 9.10. The van der Waals surface area contributed by atoms with Crippen molar-refractivity contribution in [3.8, 4) is 6.07 Å². The summed E-state index contributed by atoms with van der Waals surface area (Å²) in [4.78, 5) is 0. The highest BCUT2D eigenvalue weighted by Crippen LogP contribution is 2.14. The topological polar surface area (TPSA) is 84.0 Å². The van der Waals surface area contributed by atoms with E-state index in [2.05, 4.69) is 0 Å². The normalized spacial score (nSPS) is 11.1. The number of nitrogens with zero attached hydrogens (tertiary/aromatic N) is 1. The third-order valence-electron chi connectivity index (χ3n) is 2.28. The van der Waals surface area contributed by atoms with Gasteiger partial charge >= 0.3 is 0 Å². The fourth-order valence-electron chi connectivity index (χ4n) is 1.42. The smallest absolute Gasteiger partial charge is 0.155 e. The van der Waals surface area contributed by atoms with E-state index in [4.69, 9.17) is 11.0 Å². The van der Waals surface area contributed by atoms with Crippen molar-refractivity contribution in [2.75, 3.05) is 12.3 Å². The summed E-state index contributed by atoms with van der Waals surface area (Å²) in [6, 6.07) is 7.01. The summed E-state index contributed by atoms with van der Waals surface area (Å²) in [7, 11) is -3.13. The number of hydrogen-bond acceptors (Lipinski definition) is 4. The lowest BCUT2D eigenvalue weighted by Crippen LogP contribution is -2.17. The van der Waals surface area contributed by atoms with Crippen LogP contribution in [-0.2, 0) is 15.6 Å². The van der Waals surface area contributed by atoms with Gasteiger partial charge in [-0.3, -0.25) is 0 Å². The molecule has 0 spiro atoms. The van der Waals surface area contributed by atoms with Crippen LogP contribution in [0.3, 0.4) is 0 Å². The van der Waals surface area contributed by atoms with Gasteiger partial charge in [-0.1, -0.05) is 6.07 Å². The first-order valence-corrected chi connectivity index (χ1v) is 6.71. The average molecular weight is 238 g/mol. The summed E-state index contributed by atoms with van der Waals surface area (Å²) in [6.07, 6.45) is 0. The number of nitriles is 1. The molecule has 0 fully saturated rings. The lowest BCUT2D eigenvalue weighted by molar-refractivity contribution is 0.595. The van der Waals surface area contributed by atoms with Gasteiger partial charge in [-0.25, -0.2) is 8.42 Å². The number of sulfone groups is 1. The second kappa shape index (κ2) is 5.10. The second-order valence-corrected chi connectivity index (χ2v) is 5.82. The molecule has 1 aromatic rings. The molecule has 5 heteroatoms. The Labute approximate surface area is 95.6 Å². The summed E-state index contributed by atoms with van der Waals surface area (Å²) in [5, 5.41) is 8.68. The molecule has 1 rings (SSSR count). The molecular formula is C11H14N2O2S. The molecule has 2 N–H and O–H groups in total. The monoisotopic (exact) mass is 238 g/mol. The molecule has 86 valence electrons. The first kappa shape index (κ1) is 12.7. The predicted molar refractivity (Wildman–Crippen MR) is 62.4 cm³/mol. The van der Waals surface area contributed by atoms with Crippen molar-refractivity contribution in [1.82, 2.24) is 0 Å². The molecule has 0 saturated heterocycles. The molecule has 1 aromatic carbocycles. The molecule has 0 atom stereocenters. The van der Waals surface area contributed by atoms with Gasteiger partial charge in [0.1, 0.15) is 0 Å². The number of nitrogens with two attached hydrogens (primary N) is 1. The highest BCUT2D eigenvalue weighted by atomic mass is 32.2. The van der Waals surface area contributed by atoms with Crippen molar-refractivity contribution in [3.63, 3.8) is 0 Å². The number of benzene rings is 1. The summed E-state index contributed by atoms with van der Waals surface area (Å²) in [5.74, 6) is -0.0197. The fourth-order valence-corrected chi connectivity index (χ4v) is 2.72. The van der Waals surface area contributed by atoms with Crippen LogP contribution in [0.2, 0.25) is 0 Å². The van der Waals surface area contributed by atoms with E-state index in [1.807, 2.05) is 6.07 Å². The first-order chi connectivity index (χ1) is 7.48. The van der Waals surface area contributed by atoms with Crippen LogP contribution in [0.15, 0.2) is 18.2 Å². The van der Waals surface area contributed by atoms with E-state index >= 15 is 0 Å². The van der Waals surface area contributed by atoms with Crippen LogP contribution in [0.25, 0.3) is 0 Å². The third-order valence-corrected chi connectivity index (χ3v) is 3.88. The molecule has 0 saturated carbocycles. The summed E-state index contributed by atoms with van der Waals surface area (Å²) >= 11 is 0. The van der Waals surface area contributed by atoms with Crippen LogP contribution in [-0.4, -0.2) is 20.7 Å². The van der Waals surface area contributed by atoms with Gasteiger partial charge < -0.3 is 5.73 Å². The van der Waals surface area contributed by atoms with Gasteiger partial charge in [-0.15, -0.1) is 0 Å². The van der Waals surface area contributed by atoms with Crippen molar-refractivity contribution >= 4 is 9.84 Å². The molecule has 0 radical (unpaired) electrons. The summed E-state index contributed by atoms with van der Waals surface area (Å²) in [5.41, 5.74) is 7.32. The molecule has 0 aliphatic carbocycles. The zero-order valence-corrected chi connectivity index (χ0v) is 9.92. The van der Waals surface area contributed by atoms with E-state index < -0.39 is 9.84 Å². The van der Waals surface area contributed by atoms with Crippen LogP contribution in [0, 0.1) is 18.3 Å². The van der Waals surface area contributed by atoms with E-state index in [1.54, 1.807) is 25.1 Å². The molecule has 0 amide bonds. The van der Waals surface area contributed by atoms with Crippen molar-refractivity contribution in [2.45, 2.75) is 12.7 Å². The molecule has 0 aliphatic rings. The molecule has 0 aliphatic heterocycles. The number of rotatable bonds is 4. The van der Waals surface area contributed by atoms with Crippen molar-refractivity contribution in [1.29, 1.82) is 5.26 Å². The Hall–Kier alpha value is -1.38. The Morgan fingerprint density at radius 2 is 2.12 bits per heavy atom. The molecule has 4 nitrogen and oxygen atoms in total. The first-order valence-electron chi connectivity index (χ1n) is 4.88. The SMILES string of the molecule is Cc1cc(C#N)ccc1CS(=O)(=O)CCN. The predicted octanol–water partition coefficient (Wildman–Crippen LogP) is 0.740. The van der Waals surface area contributed by atoms with Crippen LogP contribution >= 0.6 is 0 Å². The molecule has 16 heavy (non-hydrogen) atoms. The van der Waals surface area contributed by atoms with Crippen molar-refractivity contribution in [3.05, 3.63) is 34.9 Å². The highest BCUT2D eigenvalue weighted by Gasteiger charge is 2.12. The van der Waals surface area contributed by atoms with Crippen LogP contribution in [0.5, 0.6) is 0 Å². The molecular weight excluding hydrogens is 224 g/mol. The molecule has 0 unspecified atom stereocenters. The van der Waals surface area contributed by atoms with Gasteiger partial charge in [0.25, 0.3) is 0 Å². The van der Waals surface area contributed by atoms with E-state index in [-0.39, 0.29) is 18.1 Å². The maximum atomic E-state index is 11.6. The third kappa shape index (κ3) is 3.33. The van der Waals surface area contributed by atoms with E-state index in [0.717, 1.165) is 11.1 Å². The average Bonchev–Trinajstić information content (AvgIpc) is 2.20. The summed E-state index contributed by atoms with van der Waals surface area (Å²) < 4.78 is 23.1. The van der Waals surface area contributed by atoms with Crippen LogP contribution in [0.4, 0.5) is 0 Å². The van der Waals surface area contributed by atoms with E-state index in [1.165, 1.54) is 0 Å². The Bertz CT molecular complexity index is 515. The lowest BCUT2D eigenvalue weighted by Gasteiger charge is -2.06. The number of aryl methyl sites for hydroxylation is 1. The maximum Gasteiger partial charge on any atom is 0.155 e. The minimum Gasteiger partial charge on any atom is -0.329 e. The lowest BCUT2D eigenvalue weighted by atomic mass is 10.1. The van der Waals surface area contributed by atoms with Gasteiger partial charge in [0.15, 0.2) is 9.84 Å². The zero-order chi connectivity index (χ0) is 12.2. The number of hydrogen-bond donors (Lipinski definition) is 1. The van der Waals surface area contributed by atoms with Gasteiger partial charge in [0.05, 0.1) is 23.1 Å². The molecule has 0 aromatic heterocycles. The highest BCUT2D eigenvalue weighted by molar-refractivity contribution is 7.90. The Morgan fingerprint density at radius 1 is 1.44 bits per heavy atom. The van der Waals surface area contributed by atoms with Gasteiger partial charge in [0.2, 0.25) is 0 Å². The van der Waals surface area contributed by atoms with Crippen molar-refractivity contribution in [2.24, 2.45) is 5.73 Å². The minimum absolute atomic E-state index is 0.00750. The van der Waals surface area contributed by atoms with Gasteiger partial charge in [-0.2, -0.15) is 5.26 Å².